The average molecular weight is 327 g/mol. The van der Waals surface area contributed by atoms with Crippen LogP contribution in [0.3, 0.4) is 0 Å². The summed E-state index contributed by atoms with van der Waals surface area (Å²) in [5.41, 5.74) is 3.82. The summed E-state index contributed by atoms with van der Waals surface area (Å²) in [6.07, 6.45) is 3.76. The van der Waals surface area contributed by atoms with Crippen molar-refractivity contribution >= 4 is 0 Å². The molecule has 0 fully saturated rings. The minimum atomic E-state index is -2.75. The maximum absolute atomic E-state index is 13.3. The first kappa shape index (κ1) is 16.2. The van der Waals surface area contributed by atoms with E-state index in [-0.39, 0.29) is 6.42 Å². The predicted molar refractivity (Wildman–Crippen MR) is 92.1 cm³/mol. The molecule has 0 unspecified atom stereocenters. The maximum atomic E-state index is 13.3. The Morgan fingerprint density at radius 2 is 1.62 bits per heavy atom. The van der Waals surface area contributed by atoms with Crippen molar-refractivity contribution in [1.29, 1.82) is 0 Å². The molecule has 0 amide bonds. The lowest BCUT2D eigenvalue weighted by Gasteiger charge is -2.19. The highest BCUT2D eigenvalue weighted by molar-refractivity contribution is 5.64. The molecule has 0 atom stereocenters. The van der Waals surface area contributed by atoms with Crippen molar-refractivity contribution in [3.63, 3.8) is 0 Å². The fraction of sp³-hybridized carbons (Fsp3) is 0.200. The monoisotopic (exact) mass is 327 g/mol. The number of hydrogen-bond acceptors (Lipinski definition) is 2. The second-order valence-electron chi connectivity index (χ2n) is 5.77. The van der Waals surface area contributed by atoms with Crippen LogP contribution in [0.2, 0.25) is 0 Å². The Labute approximate surface area is 140 Å². The molecule has 2 aromatic carbocycles. The number of hydrogen-bond donors (Lipinski definition) is 1. The Kier molecular flexibility index (Phi) is 4.65. The highest BCUT2D eigenvalue weighted by Gasteiger charge is 2.28. The van der Waals surface area contributed by atoms with E-state index in [1.807, 2.05) is 48.5 Å². The van der Waals surface area contributed by atoms with Gasteiger partial charge in [0.2, 0.25) is 0 Å². The van der Waals surface area contributed by atoms with Gasteiger partial charge in [-0.05, 0) is 41.0 Å². The van der Waals surface area contributed by atoms with E-state index in [0.717, 1.165) is 28.5 Å². The van der Waals surface area contributed by atoms with Gasteiger partial charge in [0, 0.05) is 12.2 Å². The Balaban J connectivity index is 1.62. The molecule has 2 aromatic rings. The van der Waals surface area contributed by atoms with Crippen molar-refractivity contribution in [2.24, 2.45) is 0 Å². The second kappa shape index (κ2) is 6.87. The van der Waals surface area contributed by atoms with Gasteiger partial charge in [-0.3, -0.25) is 0 Å². The third kappa shape index (κ3) is 4.02. The molecule has 24 heavy (non-hydrogen) atoms. The standard InChI is InChI=1S/C20H19F2NO/c1-24-19-10-8-17(9-11-19)16-6-4-15(5-7-16)14-23-18-3-2-12-20(21,22)13-18/h2-12,23H,13-14H2,1H3. The summed E-state index contributed by atoms with van der Waals surface area (Å²) in [7, 11) is 1.64. The van der Waals surface area contributed by atoms with Crippen molar-refractivity contribution in [2.45, 2.75) is 18.9 Å². The van der Waals surface area contributed by atoms with Crippen LogP contribution in [-0.2, 0) is 6.54 Å². The van der Waals surface area contributed by atoms with Crippen LogP contribution >= 0.6 is 0 Å². The molecule has 4 heteroatoms. The van der Waals surface area contributed by atoms with E-state index in [1.54, 1.807) is 13.2 Å². The first-order chi connectivity index (χ1) is 11.6. The molecular weight excluding hydrogens is 308 g/mol. The minimum Gasteiger partial charge on any atom is -0.497 e. The number of methoxy groups -OCH3 is 1. The summed E-state index contributed by atoms with van der Waals surface area (Å²) >= 11 is 0. The number of benzene rings is 2. The molecule has 2 nitrogen and oxygen atoms in total. The highest BCUT2D eigenvalue weighted by Crippen LogP contribution is 2.27. The molecule has 0 bridgehead atoms. The van der Waals surface area contributed by atoms with E-state index < -0.39 is 5.92 Å². The van der Waals surface area contributed by atoms with Crippen molar-refractivity contribution < 1.29 is 13.5 Å². The molecule has 0 aromatic heterocycles. The number of rotatable bonds is 5. The molecule has 1 aliphatic carbocycles. The van der Waals surface area contributed by atoms with Crippen LogP contribution in [0.5, 0.6) is 5.75 Å². The number of halogens is 2. The van der Waals surface area contributed by atoms with Gasteiger partial charge in [-0.2, -0.15) is 0 Å². The molecule has 1 N–H and O–H groups in total. The van der Waals surface area contributed by atoms with Crippen LogP contribution in [-0.4, -0.2) is 13.0 Å². The lowest BCUT2D eigenvalue weighted by molar-refractivity contribution is 0.0525. The van der Waals surface area contributed by atoms with Gasteiger partial charge in [-0.25, -0.2) is 8.78 Å². The summed E-state index contributed by atoms with van der Waals surface area (Å²) in [5.74, 6) is -1.93. The number of alkyl halides is 2. The number of ether oxygens (including phenoxy) is 1. The zero-order valence-corrected chi connectivity index (χ0v) is 13.4. The summed E-state index contributed by atoms with van der Waals surface area (Å²) < 4.78 is 31.8. The van der Waals surface area contributed by atoms with Crippen molar-refractivity contribution in [3.8, 4) is 16.9 Å². The molecule has 0 radical (unpaired) electrons. The topological polar surface area (TPSA) is 21.3 Å². The zero-order valence-electron chi connectivity index (χ0n) is 13.4. The van der Waals surface area contributed by atoms with Gasteiger partial charge in [0.25, 0.3) is 5.92 Å². The molecule has 0 aliphatic heterocycles. The fourth-order valence-electron chi connectivity index (χ4n) is 2.61. The van der Waals surface area contributed by atoms with E-state index >= 15 is 0 Å². The van der Waals surface area contributed by atoms with Crippen LogP contribution < -0.4 is 10.1 Å². The maximum Gasteiger partial charge on any atom is 0.272 e. The second-order valence-corrected chi connectivity index (χ2v) is 5.77. The van der Waals surface area contributed by atoms with Crippen LogP contribution in [0.1, 0.15) is 12.0 Å². The molecule has 0 heterocycles. The SMILES string of the molecule is COc1ccc(-c2ccc(CNC3=CC=CC(F)(F)C3)cc2)cc1. The van der Waals surface area contributed by atoms with Crippen LogP contribution in [0.15, 0.2) is 72.5 Å². The minimum absolute atomic E-state index is 0.270. The van der Waals surface area contributed by atoms with Gasteiger partial charge in [-0.15, -0.1) is 0 Å². The van der Waals surface area contributed by atoms with Crippen LogP contribution in [0, 0.1) is 0 Å². The highest BCUT2D eigenvalue weighted by atomic mass is 19.3. The summed E-state index contributed by atoms with van der Waals surface area (Å²) in [4.78, 5) is 0. The van der Waals surface area contributed by atoms with Crippen molar-refractivity contribution in [2.75, 3.05) is 7.11 Å². The normalized spacial score (nSPS) is 15.7. The smallest absolute Gasteiger partial charge is 0.272 e. The Morgan fingerprint density at radius 1 is 1.00 bits per heavy atom. The van der Waals surface area contributed by atoms with Gasteiger partial charge >= 0.3 is 0 Å². The molecule has 0 saturated heterocycles. The number of allylic oxidation sites excluding steroid dienone is 4. The van der Waals surface area contributed by atoms with Gasteiger partial charge in [0.15, 0.2) is 0 Å². The first-order valence-electron chi connectivity index (χ1n) is 7.79. The van der Waals surface area contributed by atoms with Crippen molar-refractivity contribution in [3.05, 3.63) is 78.0 Å². The third-order valence-electron chi connectivity index (χ3n) is 3.96. The van der Waals surface area contributed by atoms with E-state index in [0.29, 0.717) is 12.2 Å². The van der Waals surface area contributed by atoms with E-state index in [9.17, 15) is 8.78 Å². The van der Waals surface area contributed by atoms with Gasteiger partial charge in [0.1, 0.15) is 5.75 Å². The third-order valence-corrected chi connectivity index (χ3v) is 3.96. The first-order valence-corrected chi connectivity index (χ1v) is 7.79. The van der Waals surface area contributed by atoms with E-state index in [1.165, 1.54) is 6.08 Å². The quantitative estimate of drug-likeness (QED) is 0.840. The molecule has 124 valence electrons. The Hall–Kier alpha value is -2.62. The van der Waals surface area contributed by atoms with Gasteiger partial charge in [0.05, 0.1) is 13.5 Å². The van der Waals surface area contributed by atoms with Crippen LogP contribution in [0.25, 0.3) is 11.1 Å². The van der Waals surface area contributed by atoms with E-state index in [2.05, 4.69) is 5.32 Å². The zero-order chi connectivity index (χ0) is 17.0. The molecule has 3 rings (SSSR count). The van der Waals surface area contributed by atoms with Crippen LogP contribution in [0.4, 0.5) is 8.78 Å². The average Bonchev–Trinajstić information content (AvgIpc) is 2.60. The van der Waals surface area contributed by atoms with Gasteiger partial charge < -0.3 is 10.1 Å². The van der Waals surface area contributed by atoms with E-state index in [4.69, 9.17) is 4.74 Å². The molecular formula is C20H19F2NO. The Bertz CT molecular complexity index is 746. The molecule has 0 saturated carbocycles. The van der Waals surface area contributed by atoms with Gasteiger partial charge in [-0.1, -0.05) is 42.5 Å². The molecule has 1 aliphatic rings. The summed E-state index contributed by atoms with van der Waals surface area (Å²) in [6, 6.07) is 15.9. The largest absolute Gasteiger partial charge is 0.497 e. The summed E-state index contributed by atoms with van der Waals surface area (Å²) in [5, 5.41) is 3.08. The lowest BCUT2D eigenvalue weighted by Crippen LogP contribution is -2.23. The predicted octanol–water partition coefficient (Wildman–Crippen LogP) is 4.93. The number of nitrogens with one attached hydrogen (secondary N) is 1. The molecule has 0 spiro atoms. The Morgan fingerprint density at radius 3 is 2.21 bits per heavy atom. The summed E-state index contributed by atoms with van der Waals surface area (Å²) in [6.45, 7) is 0.526. The fourth-order valence-corrected chi connectivity index (χ4v) is 2.61. The lowest BCUT2D eigenvalue weighted by atomic mass is 10.0. The van der Waals surface area contributed by atoms with Crippen molar-refractivity contribution in [1.82, 2.24) is 5.32 Å².